The Balaban J connectivity index is 2.45. The van der Waals surface area contributed by atoms with Crippen molar-refractivity contribution in [1.29, 1.82) is 0 Å². The van der Waals surface area contributed by atoms with Gasteiger partial charge in [-0.05, 0) is 25.2 Å². The molecule has 1 aromatic carbocycles. The highest BCUT2D eigenvalue weighted by Gasteiger charge is 2.01. The lowest BCUT2D eigenvalue weighted by Crippen LogP contribution is -2.24. The van der Waals surface area contributed by atoms with Gasteiger partial charge in [0.2, 0.25) is 0 Å². The first-order chi connectivity index (χ1) is 6.74. The van der Waals surface area contributed by atoms with Gasteiger partial charge >= 0.3 is 0 Å². The summed E-state index contributed by atoms with van der Waals surface area (Å²) in [6.45, 7) is 2.18. The van der Waals surface area contributed by atoms with Crippen molar-refractivity contribution in [3.63, 3.8) is 0 Å². The van der Waals surface area contributed by atoms with Crippen molar-refractivity contribution in [3.05, 3.63) is 34.6 Å². The van der Waals surface area contributed by atoms with Crippen LogP contribution in [0, 0.1) is 5.82 Å². The summed E-state index contributed by atoms with van der Waals surface area (Å²) in [4.78, 5) is 0. The summed E-state index contributed by atoms with van der Waals surface area (Å²) in [5.74, 6) is -0.216. The van der Waals surface area contributed by atoms with Gasteiger partial charge in [-0.1, -0.05) is 11.6 Å². The van der Waals surface area contributed by atoms with E-state index < -0.39 is 0 Å². The zero-order chi connectivity index (χ0) is 10.4. The van der Waals surface area contributed by atoms with E-state index in [0.29, 0.717) is 17.1 Å². The third kappa shape index (κ3) is 3.62. The molecule has 1 rings (SSSR count). The summed E-state index contributed by atoms with van der Waals surface area (Å²) in [5.41, 5.74) is 0.605. The first-order valence-electron chi connectivity index (χ1n) is 4.53. The molecule has 0 spiro atoms. The van der Waals surface area contributed by atoms with Crippen LogP contribution in [0.1, 0.15) is 5.56 Å². The molecular weight excluding hydrogens is 203 g/mol. The Labute approximate surface area is 88.5 Å². The molecule has 0 aliphatic carbocycles. The van der Waals surface area contributed by atoms with Gasteiger partial charge in [-0.2, -0.15) is 0 Å². The molecule has 14 heavy (non-hydrogen) atoms. The van der Waals surface area contributed by atoms with Crippen molar-refractivity contribution < 1.29 is 4.39 Å². The van der Waals surface area contributed by atoms with Crippen LogP contribution in [0.4, 0.5) is 4.39 Å². The number of benzene rings is 1. The normalized spacial score (nSPS) is 10.5. The van der Waals surface area contributed by atoms with Crippen molar-refractivity contribution in [2.75, 3.05) is 20.1 Å². The maximum Gasteiger partial charge on any atom is 0.127 e. The van der Waals surface area contributed by atoms with Crippen LogP contribution in [0.5, 0.6) is 0 Å². The molecule has 0 saturated heterocycles. The van der Waals surface area contributed by atoms with Gasteiger partial charge in [0.1, 0.15) is 5.82 Å². The standard InChI is InChI=1S/C10H14ClFN2/c1-13-4-5-14-7-8-6-9(11)2-3-10(8)12/h2-3,6,13-14H,4-5,7H2,1H3. The van der Waals surface area contributed by atoms with Gasteiger partial charge in [0.15, 0.2) is 0 Å². The van der Waals surface area contributed by atoms with Crippen LogP contribution in [-0.2, 0) is 6.54 Å². The Morgan fingerprint density at radius 2 is 2.14 bits per heavy atom. The second kappa shape index (κ2) is 5.96. The lowest BCUT2D eigenvalue weighted by Gasteiger charge is -2.05. The van der Waals surface area contributed by atoms with Crippen molar-refractivity contribution in [3.8, 4) is 0 Å². The predicted octanol–water partition coefficient (Wildman–Crippen LogP) is 1.79. The van der Waals surface area contributed by atoms with Crippen molar-refractivity contribution in [2.45, 2.75) is 6.54 Å². The summed E-state index contributed by atoms with van der Waals surface area (Å²) in [6, 6.07) is 4.58. The molecule has 0 radical (unpaired) electrons. The first-order valence-corrected chi connectivity index (χ1v) is 4.91. The van der Waals surface area contributed by atoms with E-state index in [0.717, 1.165) is 13.1 Å². The zero-order valence-corrected chi connectivity index (χ0v) is 8.87. The van der Waals surface area contributed by atoms with Crippen molar-refractivity contribution in [1.82, 2.24) is 10.6 Å². The molecule has 0 aromatic heterocycles. The van der Waals surface area contributed by atoms with Crippen LogP contribution in [0.25, 0.3) is 0 Å². The smallest absolute Gasteiger partial charge is 0.127 e. The maximum absolute atomic E-state index is 13.2. The maximum atomic E-state index is 13.2. The van der Waals surface area contributed by atoms with Gasteiger partial charge in [-0.3, -0.25) is 0 Å². The first kappa shape index (κ1) is 11.4. The Bertz CT molecular complexity index is 291. The number of hydrogen-bond acceptors (Lipinski definition) is 2. The minimum absolute atomic E-state index is 0.216. The fourth-order valence-electron chi connectivity index (χ4n) is 1.12. The molecule has 0 amide bonds. The average Bonchev–Trinajstić information content (AvgIpc) is 2.18. The van der Waals surface area contributed by atoms with Crippen molar-refractivity contribution >= 4 is 11.6 Å². The minimum Gasteiger partial charge on any atom is -0.318 e. The molecule has 1 aromatic rings. The average molecular weight is 217 g/mol. The zero-order valence-electron chi connectivity index (χ0n) is 8.11. The third-order valence-corrected chi connectivity index (χ3v) is 2.11. The Kier molecular flexibility index (Phi) is 4.87. The van der Waals surface area contributed by atoms with Crippen LogP contribution < -0.4 is 10.6 Å². The van der Waals surface area contributed by atoms with Crippen molar-refractivity contribution in [2.24, 2.45) is 0 Å². The largest absolute Gasteiger partial charge is 0.318 e. The summed E-state index contributed by atoms with van der Waals surface area (Å²) < 4.78 is 13.2. The number of halogens is 2. The molecule has 0 aliphatic heterocycles. The van der Waals surface area contributed by atoms with E-state index in [2.05, 4.69) is 10.6 Å². The predicted molar refractivity (Wildman–Crippen MR) is 57.0 cm³/mol. The van der Waals surface area contributed by atoms with Crippen LogP contribution in [0.3, 0.4) is 0 Å². The lowest BCUT2D eigenvalue weighted by molar-refractivity contribution is 0.583. The van der Waals surface area contributed by atoms with E-state index in [1.807, 2.05) is 7.05 Å². The molecule has 0 aliphatic rings. The molecule has 0 unspecified atom stereocenters. The van der Waals surface area contributed by atoms with Gasteiger partial charge in [0.05, 0.1) is 0 Å². The summed E-state index contributed by atoms with van der Waals surface area (Å²) in [6.07, 6.45) is 0. The molecule has 0 fully saturated rings. The van der Waals surface area contributed by atoms with Gasteiger partial charge in [-0.25, -0.2) is 4.39 Å². The molecule has 2 N–H and O–H groups in total. The van der Waals surface area contributed by atoms with Gasteiger partial charge in [0, 0.05) is 30.2 Å². The molecule has 0 atom stereocenters. The second-order valence-electron chi connectivity index (χ2n) is 3.02. The van der Waals surface area contributed by atoms with Gasteiger partial charge < -0.3 is 10.6 Å². The number of likely N-dealkylation sites (N-methyl/N-ethyl adjacent to an activating group) is 1. The highest BCUT2D eigenvalue weighted by atomic mass is 35.5. The fraction of sp³-hybridized carbons (Fsp3) is 0.400. The van der Waals surface area contributed by atoms with E-state index in [1.54, 1.807) is 12.1 Å². The van der Waals surface area contributed by atoms with Crippen LogP contribution in [0.15, 0.2) is 18.2 Å². The Hall–Kier alpha value is -0.640. The molecule has 4 heteroatoms. The molecule has 2 nitrogen and oxygen atoms in total. The van der Waals surface area contributed by atoms with E-state index in [9.17, 15) is 4.39 Å². The van der Waals surface area contributed by atoms with Crippen LogP contribution >= 0.6 is 11.6 Å². The monoisotopic (exact) mass is 216 g/mol. The Morgan fingerprint density at radius 1 is 1.36 bits per heavy atom. The molecular formula is C10H14ClFN2. The summed E-state index contributed by atoms with van der Waals surface area (Å²) in [5, 5.41) is 6.67. The molecule has 0 saturated carbocycles. The fourth-order valence-corrected chi connectivity index (χ4v) is 1.31. The minimum atomic E-state index is -0.216. The van der Waals surface area contributed by atoms with E-state index >= 15 is 0 Å². The van der Waals surface area contributed by atoms with Gasteiger partial charge in [0.25, 0.3) is 0 Å². The van der Waals surface area contributed by atoms with E-state index in [1.165, 1.54) is 6.07 Å². The highest BCUT2D eigenvalue weighted by molar-refractivity contribution is 6.30. The number of rotatable bonds is 5. The summed E-state index contributed by atoms with van der Waals surface area (Å²) >= 11 is 5.75. The van der Waals surface area contributed by atoms with Gasteiger partial charge in [-0.15, -0.1) is 0 Å². The SMILES string of the molecule is CNCCNCc1cc(Cl)ccc1F. The van der Waals surface area contributed by atoms with E-state index in [-0.39, 0.29) is 5.82 Å². The van der Waals surface area contributed by atoms with Crippen LogP contribution in [-0.4, -0.2) is 20.1 Å². The Morgan fingerprint density at radius 3 is 2.86 bits per heavy atom. The van der Waals surface area contributed by atoms with E-state index in [4.69, 9.17) is 11.6 Å². The third-order valence-electron chi connectivity index (χ3n) is 1.87. The number of hydrogen-bond donors (Lipinski definition) is 2. The summed E-state index contributed by atoms with van der Waals surface area (Å²) in [7, 11) is 1.88. The quantitative estimate of drug-likeness (QED) is 0.734. The molecule has 78 valence electrons. The molecule has 0 heterocycles. The topological polar surface area (TPSA) is 24.1 Å². The number of nitrogens with one attached hydrogen (secondary N) is 2. The second-order valence-corrected chi connectivity index (χ2v) is 3.45. The van der Waals surface area contributed by atoms with Crippen LogP contribution in [0.2, 0.25) is 5.02 Å². The molecule has 0 bridgehead atoms. The lowest BCUT2D eigenvalue weighted by atomic mass is 10.2. The highest BCUT2D eigenvalue weighted by Crippen LogP contribution is 2.14.